The smallest absolute Gasteiger partial charge is 0.342 e. The summed E-state index contributed by atoms with van der Waals surface area (Å²) in [6.45, 7) is 0. The second-order valence-electron chi connectivity index (χ2n) is 2.66. The van der Waals surface area contributed by atoms with Gasteiger partial charge in [-0.25, -0.2) is 4.79 Å². The lowest BCUT2D eigenvalue weighted by molar-refractivity contribution is 0.0663. The van der Waals surface area contributed by atoms with Gasteiger partial charge in [-0.3, -0.25) is 0 Å². The molecule has 0 aliphatic heterocycles. The van der Waals surface area contributed by atoms with Crippen LogP contribution in [0.1, 0.15) is 10.4 Å². The van der Waals surface area contributed by atoms with Gasteiger partial charge in [-0.05, 0) is 24.3 Å². The molecule has 0 fully saturated rings. The van der Waals surface area contributed by atoms with Crippen LogP contribution < -0.4 is 0 Å². The lowest BCUT2D eigenvalue weighted by atomic mass is 10.2. The van der Waals surface area contributed by atoms with Crippen LogP contribution in [-0.4, -0.2) is 13.1 Å². The maximum absolute atomic E-state index is 11.3. The van der Waals surface area contributed by atoms with E-state index < -0.39 is 0 Å². The highest BCUT2D eigenvalue weighted by atomic mass is 16.5. The first-order chi connectivity index (χ1) is 7.34. The molecule has 0 bridgehead atoms. The zero-order chi connectivity index (χ0) is 10.9. The van der Waals surface area contributed by atoms with E-state index in [1.807, 2.05) is 6.07 Å². The van der Waals surface area contributed by atoms with E-state index in [0.717, 1.165) is 0 Å². The third-order valence-corrected chi connectivity index (χ3v) is 1.59. The summed E-state index contributed by atoms with van der Waals surface area (Å²) in [5, 5.41) is 0. The van der Waals surface area contributed by atoms with Crippen LogP contribution in [0, 0.1) is 0 Å². The number of methoxy groups -OCH3 is 1. The normalized spacial score (nSPS) is 10.7. The Balaban J connectivity index is 2.44. The van der Waals surface area contributed by atoms with Crippen molar-refractivity contribution in [3.8, 4) is 0 Å². The Hall–Kier alpha value is -2.03. The Kier molecular flexibility index (Phi) is 4.73. The molecule has 78 valence electrons. The quantitative estimate of drug-likeness (QED) is 0.429. The lowest BCUT2D eigenvalue weighted by Gasteiger charge is -1.97. The molecule has 0 heterocycles. The SMILES string of the molecule is CO/C=C\C=C/OC(=O)c1ccccc1. The molecule has 0 saturated heterocycles. The highest BCUT2D eigenvalue weighted by molar-refractivity contribution is 5.89. The van der Waals surface area contributed by atoms with E-state index in [-0.39, 0.29) is 5.97 Å². The molecule has 0 unspecified atom stereocenters. The number of benzene rings is 1. The van der Waals surface area contributed by atoms with Crippen molar-refractivity contribution in [2.75, 3.05) is 7.11 Å². The molecule has 0 aliphatic rings. The number of hydrogen-bond donors (Lipinski definition) is 0. The van der Waals surface area contributed by atoms with Crippen LogP contribution in [0.2, 0.25) is 0 Å². The molecule has 0 spiro atoms. The highest BCUT2D eigenvalue weighted by Gasteiger charge is 2.02. The third-order valence-electron chi connectivity index (χ3n) is 1.59. The van der Waals surface area contributed by atoms with Gasteiger partial charge in [-0.1, -0.05) is 18.2 Å². The molecule has 1 aromatic rings. The summed E-state index contributed by atoms with van der Waals surface area (Å²) in [4.78, 5) is 11.3. The summed E-state index contributed by atoms with van der Waals surface area (Å²) in [5.41, 5.74) is 0.526. The van der Waals surface area contributed by atoms with Crippen LogP contribution in [0.4, 0.5) is 0 Å². The molecule has 0 N–H and O–H groups in total. The van der Waals surface area contributed by atoms with Gasteiger partial charge in [0.1, 0.15) is 0 Å². The first-order valence-electron chi connectivity index (χ1n) is 4.45. The second-order valence-corrected chi connectivity index (χ2v) is 2.66. The van der Waals surface area contributed by atoms with E-state index in [9.17, 15) is 4.79 Å². The number of carbonyl (C=O) groups excluding carboxylic acids is 1. The number of carbonyl (C=O) groups is 1. The van der Waals surface area contributed by atoms with E-state index in [2.05, 4.69) is 4.74 Å². The Bertz CT molecular complexity index is 352. The molecule has 0 radical (unpaired) electrons. The standard InChI is InChI=1S/C12H12O3/c1-14-9-5-6-10-15-12(13)11-7-3-2-4-8-11/h2-10H,1H3/b9-5-,10-6-. The Labute approximate surface area is 88.6 Å². The van der Waals surface area contributed by atoms with Gasteiger partial charge in [-0.2, -0.15) is 0 Å². The molecule has 0 saturated carbocycles. The van der Waals surface area contributed by atoms with Crippen molar-refractivity contribution >= 4 is 5.97 Å². The average Bonchev–Trinajstić information content (AvgIpc) is 2.30. The number of allylic oxidation sites excluding steroid dienone is 2. The summed E-state index contributed by atoms with van der Waals surface area (Å²) in [6.07, 6.45) is 5.99. The zero-order valence-electron chi connectivity index (χ0n) is 8.42. The molecular formula is C12H12O3. The minimum atomic E-state index is -0.377. The summed E-state index contributed by atoms with van der Waals surface area (Å²) in [7, 11) is 1.54. The van der Waals surface area contributed by atoms with Crippen LogP contribution in [0.25, 0.3) is 0 Å². The summed E-state index contributed by atoms with van der Waals surface area (Å²) in [6, 6.07) is 8.80. The van der Waals surface area contributed by atoms with Gasteiger partial charge < -0.3 is 9.47 Å². The van der Waals surface area contributed by atoms with Crippen LogP contribution >= 0.6 is 0 Å². The molecule has 3 nitrogen and oxygen atoms in total. The van der Waals surface area contributed by atoms with E-state index in [1.165, 1.54) is 12.5 Å². The fourth-order valence-corrected chi connectivity index (χ4v) is 0.913. The number of esters is 1. The monoisotopic (exact) mass is 204 g/mol. The van der Waals surface area contributed by atoms with Gasteiger partial charge in [0.25, 0.3) is 0 Å². The van der Waals surface area contributed by atoms with Crippen LogP contribution in [0.3, 0.4) is 0 Å². The molecule has 15 heavy (non-hydrogen) atoms. The number of ether oxygens (including phenoxy) is 2. The van der Waals surface area contributed by atoms with E-state index >= 15 is 0 Å². The van der Waals surface area contributed by atoms with E-state index in [1.54, 1.807) is 43.5 Å². The van der Waals surface area contributed by atoms with E-state index in [4.69, 9.17) is 4.74 Å². The predicted octanol–water partition coefficient (Wildman–Crippen LogP) is 2.52. The molecule has 3 heteroatoms. The van der Waals surface area contributed by atoms with Gasteiger partial charge in [0.05, 0.1) is 25.2 Å². The molecule has 0 amide bonds. The van der Waals surface area contributed by atoms with Crippen molar-refractivity contribution in [3.63, 3.8) is 0 Å². The maximum Gasteiger partial charge on any atom is 0.342 e. The van der Waals surface area contributed by atoms with Crippen molar-refractivity contribution in [2.45, 2.75) is 0 Å². The summed E-state index contributed by atoms with van der Waals surface area (Å²) >= 11 is 0. The minimum Gasteiger partial charge on any atom is -0.504 e. The van der Waals surface area contributed by atoms with Crippen molar-refractivity contribution < 1.29 is 14.3 Å². The van der Waals surface area contributed by atoms with Crippen molar-refractivity contribution in [3.05, 3.63) is 60.6 Å². The van der Waals surface area contributed by atoms with E-state index in [0.29, 0.717) is 5.56 Å². The summed E-state index contributed by atoms with van der Waals surface area (Å²) in [5.74, 6) is -0.377. The highest BCUT2D eigenvalue weighted by Crippen LogP contribution is 2.00. The lowest BCUT2D eigenvalue weighted by Crippen LogP contribution is -1.99. The number of rotatable bonds is 4. The zero-order valence-corrected chi connectivity index (χ0v) is 8.42. The Morgan fingerprint density at radius 1 is 1.13 bits per heavy atom. The van der Waals surface area contributed by atoms with Crippen molar-refractivity contribution in [1.29, 1.82) is 0 Å². The van der Waals surface area contributed by atoms with Crippen LogP contribution in [0.15, 0.2) is 55.0 Å². The Morgan fingerprint density at radius 3 is 2.47 bits per heavy atom. The van der Waals surface area contributed by atoms with Gasteiger partial charge >= 0.3 is 5.97 Å². The van der Waals surface area contributed by atoms with Gasteiger partial charge in [0.15, 0.2) is 0 Å². The molecule has 1 rings (SSSR count). The fourth-order valence-electron chi connectivity index (χ4n) is 0.913. The molecule has 1 aromatic carbocycles. The van der Waals surface area contributed by atoms with Gasteiger partial charge in [0, 0.05) is 0 Å². The fraction of sp³-hybridized carbons (Fsp3) is 0.0833. The second kappa shape index (κ2) is 6.43. The third kappa shape index (κ3) is 4.13. The van der Waals surface area contributed by atoms with Crippen molar-refractivity contribution in [1.82, 2.24) is 0 Å². The number of hydrogen-bond acceptors (Lipinski definition) is 3. The first kappa shape index (κ1) is 11.0. The van der Waals surface area contributed by atoms with Gasteiger partial charge in [0.2, 0.25) is 0 Å². The molecule has 0 aromatic heterocycles. The predicted molar refractivity (Wildman–Crippen MR) is 57.1 cm³/mol. The van der Waals surface area contributed by atoms with Crippen molar-refractivity contribution in [2.24, 2.45) is 0 Å². The molecule has 0 aliphatic carbocycles. The average molecular weight is 204 g/mol. The molecular weight excluding hydrogens is 192 g/mol. The first-order valence-corrected chi connectivity index (χ1v) is 4.45. The molecule has 0 atom stereocenters. The largest absolute Gasteiger partial charge is 0.504 e. The van der Waals surface area contributed by atoms with Crippen LogP contribution in [0.5, 0.6) is 0 Å². The van der Waals surface area contributed by atoms with Gasteiger partial charge in [-0.15, -0.1) is 0 Å². The maximum atomic E-state index is 11.3. The summed E-state index contributed by atoms with van der Waals surface area (Å²) < 4.78 is 9.51. The minimum absolute atomic E-state index is 0.377. The topological polar surface area (TPSA) is 35.5 Å². The van der Waals surface area contributed by atoms with Crippen LogP contribution in [-0.2, 0) is 9.47 Å². The Morgan fingerprint density at radius 2 is 1.80 bits per heavy atom.